The molecule has 0 unspecified atom stereocenters. The van der Waals surface area contributed by atoms with E-state index in [2.05, 4.69) is 51.0 Å². The van der Waals surface area contributed by atoms with E-state index in [0.29, 0.717) is 11.8 Å². The third-order valence-corrected chi connectivity index (χ3v) is 4.69. The van der Waals surface area contributed by atoms with Crippen molar-refractivity contribution in [1.29, 1.82) is 0 Å². The first kappa shape index (κ1) is 19.3. The molecule has 1 nitrogen and oxygen atoms in total. The van der Waals surface area contributed by atoms with Crippen LogP contribution in [0.1, 0.15) is 73.7 Å². The van der Waals surface area contributed by atoms with Gasteiger partial charge in [0, 0.05) is 16.0 Å². The van der Waals surface area contributed by atoms with E-state index < -0.39 is 0 Å². The predicted molar refractivity (Wildman–Crippen MR) is 95.4 cm³/mol. The van der Waals surface area contributed by atoms with Gasteiger partial charge in [0.1, 0.15) is 0 Å². The second-order valence-electron chi connectivity index (χ2n) is 5.08. The highest BCUT2D eigenvalue weighted by atomic mass is 32.1. The molecule has 0 aliphatic carbocycles. The van der Waals surface area contributed by atoms with Crippen LogP contribution in [0.2, 0.25) is 0 Å². The fraction of sp³-hybridized carbons (Fsp3) is 0.588. The van der Waals surface area contributed by atoms with E-state index in [0.717, 1.165) is 5.01 Å². The molecule has 0 bridgehead atoms. The molecular weight excluding hydrogens is 282 g/mol. The molecule has 0 atom stereocenters. The summed E-state index contributed by atoms with van der Waals surface area (Å²) < 4.78 is 0. The van der Waals surface area contributed by atoms with Crippen LogP contribution in [0, 0.1) is 13.8 Å². The summed E-state index contributed by atoms with van der Waals surface area (Å²) in [5.74, 6) is 1.37. The first-order chi connectivity index (χ1) is 9.40. The Bertz CT molecular complexity index is 428. The topological polar surface area (TPSA) is 12.9 Å². The molecule has 2 rings (SSSR count). The van der Waals surface area contributed by atoms with Gasteiger partial charge in [-0.15, -0.1) is 22.7 Å². The number of aromatic nitrogens is 1. The van der Waals surface area contributed by atoms with Gasteiger partial charge in [-0.3, -0.25) is 0 Å². The maximum absolute atomic E-state index is 4.03. The molecule has 2 aromatic rings. The average Bonchev–Trinajstić information content (AvgIpc) is 3.01. The second kappa shape index (κ2) is 10.1. The largest absolute Gasteiger partial charge is 0.250 e. The lowest BCUT2D eigenvalue weighted by atomic mass is 10.1. The SMILES string of the molecule is CC.CC(C)c1csc(C(C)C)c1.Cc1cnc(C)s1. The zero-order valence-electron chi connectivity index (χ0n) is 14.2. The fourth-order valence-electron chi connectivity index (χ4n) is 1.44. The van der Waals surface area contributed by atoms with Crippen LogP contribution in [-0.2, 0) is 0 Å². The van der Waals surface area contributed by atoms with Crippen molar-refractivity contribution in [1.82, 2.24) is 4.98 Å². The number of thiazole rings is 1. The fourth-order valence-corrected chi connectivity index (χ4v) is 3.21. The molecule has 114 valence electrons. The molecule has 20 heavy (non-hydrogen) atoms. The van der Waals surface area contributed by atoms with Gasteiger partial charge in [0.25, 0.3) is 0 Å². The minimum Gasteiger partial charge on any atom is -0.250 e. The third-order valence-electron chi connectivity index (χ3n) is 2.61. The van der Waals surface area contributed by atoms with Crippen LogP contribution in [0.3, 0.4) is 0 Å². The molecule has 3 heteroatoms. The highest BCUT2D eigenvalue weighted by Crippen LogP contribution is 2.27. The lowest BCUT2D eigenvalue weighted by Crippen LogP contribution is -1.83. The zero-order chi connectivity index (χ0) is 15.7. The van der Waals surface area contributed by atoms with Crippen LogP contribution in [0.15, 0.2) is 17.6 Å². The molecular formula is C17H29NS2. The summed E-state index contributed by atoms with van der Waals surface area (Å²) >= 11 is 3.62. The number of hydrogen-bond acceptors (Lipinski definition) is 3. The monoisotopic (exact) mass is 311 g/mol. The van der Waals surface area contributed by atoms with Crippen molar-refractivity contribution in [2.75, 3.05) is 0 Å². The minimum absolute atomic E-state index is 0.679. The Morgan fingerprint density at radius 1 is 1.00 bits per heavy atom. The molecule has 0 fully saturated rings. The molecule has 0 N–H and O–H groups in total. The summed E-state index contributed by atoms with van der Waals surface area (Å²) in [7, 11) is 0. The molecule has 0 amide bonds. The van der Waals surface area contributed by atoms with Crippen molar-refractivity contribution in [2.24, 2.45) is 0 Å². The molecule has 0 aromatic carbocycles. The van der Waals surface area contributed by atoms with Crippen molar-refractivity contribution >= 4 is 22.7 Å². The van der Waals surface area contributed by atoms with Crippen molar-refractivity contribution in [3.63, 3.8) is 0 Å². The number of thiophene rings is 1. The summed E-state index contributed by atoms with van der Waals surface area (Å²) in [5, 5.41) is 3.43. The van der Waals surface area contributed by atoms with Crippen molar-refractivity contribution in [3.05, 3.63) is 38.0 Å². The average molecular weight is 312 g/mol. The van der Waals surface area contributed by atoms with E-state index in [1.165, 1.54) is 15.3 Å². The Kier molecular flexibility index (Phi) is 9.78. The summed E-state index contributed by atoms with van der Waals surface area (Å²) in [6, 6.07) is 2.33. The number of rotatable bonds is 2. The lowest BCUT2D eigenvalue weighted by Gasteiger charge is -2.00. The van der Waals surface area contributed by atoms with Gasteiger partial charge in [0.2, 0.25) is 0 Å². The molecule has 2 aromatic heterocycles. The zero-order valence-corrected chi connectivity index (χ0v) is 15.8. The normalized spacial score (nSPS) is 9.90. The quantitative estimate of drug-likeness (QED) is 0.595. The standard InChI is InChI=1S/C10H16S.C5H7NS.C2H6/c1-7(2)9-5-10(8(3)4)11-6-9;1-4-3-6-5(2)7-4;1-2/h5-8H,1-4H3;3H,1-2H3;1-2H3. The smallest absolute Gasteiger partial charge is 0.0896 e. The van der Waals surface area contributed by atoms with E-state index >= 15 is 0 Å². The van der Waals surface area contributed by atoms with E-state index in [-0.39, 0.29) is 0 Å². The molecule has 0 aliphatic heterocycles. The van der Waals surface area contributed by atoms with Gasteiger partial charge in [-0.2, -0.15) is 0 Å². The number of aryl methyl sites for hydroxylation is 2. The maximum atomic E-state index is 4.03. The van der Waals surface area contributed by atoms with Gasteiger partial charge in [0.05, 0.1) is 5.01 Å². The number of hydrogen-bond donors (Lipinski definition) is 0. The lowest BCUT2D eigenvalue weighted by molar-refractivity contribution is 0.856. The van der Waals surface area contributed by atoms with Crippen LogP contribution >= 0.6 is 22.7 Å². The van der Waals surface area contributed by atoms with Crippen molar-refractivity contribution < 1.29 is 0 Å². The Hall–Kier alpha value is -0.670. The minimum atomic E-state index is 0.679. The Balaban J connectivity index is 0.000000345. The van der Waals surface area contributed by atoms with Crippen molar-refractivity contribution in [2.45, 2.75) is 67.2 Å². The van der Waals surface area contributed by atoms with E-state index in [9.17, 15) is 0 Å². The summed E-state index contributed by atoms with van der Waals surface area (Å²) in [6.45, 7) is 17.0. The van der Waals surface area contributed by atoms with Gasteiger partial charge in [0.15, 0.2) is 0 Å². The summed E-state index contributed by atoms with van der Waals surface area (Å²) in [5.41, 5.74) is 1.48. The summed E-state index contributed by atoms with van der Waals surface area (Å²) in [6.07, 6.45) is 1.89. The van der Waals surface area contributed by atoms with Gasteiger partial charge in [-0.1, -0.05) is 41.5 Å². The van der Waals surface area contributed by atoms with Gasteiger partial charge in [-0.05, 0) is 42.7 Å². The van der Waals surface area contributed by atoms with Gasteiger partial charge < -0.3 is 0 Å². The highest BCUT2D eigenvalue weighted by molar-refractivity contribution is 7.11. The highest BCUT2D eigenvalue weighted by Gasteiger charge is 2.05. The predicted octanol–water partition coefficient (Wildman–Crippen LogP) is 6.78. The summed E-state index contributed by atoms with van der Waals surface area (Å²) in [4.78, 5) is 6.83. The van der Waals surface area contributed by atoms with Crippen LogP contribution in [0.5, 0.6) is 0 Å². The van der Waals surface area contributed by atoms with E-state index in [1.807, 2.05) is 38.3 Å². The molecule has 0 spiro atoms. The van der Waals surface area contributed by atoms with Crippen LogP contribution in [0.4, 0.5) is 0 Å². The number of nitrogens with zero attached hydrogens (tertiary/aromatic N) is 1. The van der Waals surface area contributed by atoms with Gasteiger partial charge in [-0.25, -0.2) is 4.98 Å². The molecule has 0 radical (unpaired) electrons. The van der Waals surface area contributed by atoms with E-state index in [4.69, 9.17) is 0 Å². The Morgan fingerprint density at radius 2 is 1.60 bits per heavy atom. The molecule has 2 heterocycles. The van der Waals surface area contributed by atoms with Crippen molar-refractivity contribution in [3.8, 4) is 0 Å². The van der Waals surface area contributed by atoms with Crippen LogP contribution in [0.25, 0.3) is 0 Å². The Morgan fingerprint density at radius 3 is 1.80 bits per heavy atom. The molecule has 0 saturated carbocycles. The Labute approximate surface area is 133 Å². The van der Waals surface area contributed by atoms with Crippen LogP contribution in [-0.4, -0.2) is 4.98 Å². The third kappa shape index (κ3) is 7.20. The van der Waals surface area contributed by atoms with E-state index in [1.54, 1.807) is 11.3 Å². The van der Waals surface area contributed by atoms with Gasteiger partial charge >= 0.3 is 0 Å². The first-order valence-electron chi connectivity index (χ1n) is 7.37. The van der Waals surface area contributed by atoms with Crippen LogP contribution < -0.4 is 0 Å². The second-order valence-corrected chi connectivity index (χ2v) is 7.46. The molecule has 0 saturated heterocycles. The molecule has 0 aliphatic rings. The maximum Gasteiger partial charge on any atom is 0.0896 e. The first-order valence-corrected chi connectivity index (χ1v) is 9.07.